The van der Waals surface area contributed by atoms with E-state index in [9.17, 15) is 5.11 Å². The Labute approximate surface area is 123 Å². The van der Waals surface area contributed by atoms with E-state index in [4.69, 9.17) is 0 Å². The van der Waals surface area contributed by atoms with E-state index in [2.05, 4.69) is 38.2 Å². The molecule has 1 aromatic carbocycles. The van der Waals surface area contributed by atoms with Gasteiger partial charge in [-0.1, -0.05) is 45.4 Å². The molecule has 2 rings (SSSR count). The van der Waals surface area contributed by atoms with Gasteiger partial charge in [0.15, 0.2) is 0 Å². The number of aliphatic hydroxyl groups is 1. The molecule has 1 aliphatic carbocycles. The Kier molecular flexibility index (Phi) is 4.74. The van der Waals surface area contributed by atoms with E-state index >= 15 is 0 Å². The molecular weight excluding hydrogens is 246 g/mol. The van der Waals surface area contributed by atoms with Crippen LogP contribution in [0.25, 0.3) is 0 Å². The minimum Gasteiger partial charge on any atom is -0.394 e. The molecule has 0 radical (unpaired) electrons. The first-order valence-corrected chi connectivity index (χ1v) is 7.95. The molecule has 0 heterocycles. The van der Waals surface area contributed by atoms with Crippen molar-refractivity contribution >= 4 is 5.69 Å². The summed E-state index contributed by atoms with van der Waals surface area (Å²) in [6.45, 7) is 7.28. The topological polar surface area (TPSA) is 32.3 Å². The highest BCUT2D eigenvalue weighted by Gasteiger charge is 2.39. The quantitative estimate of drug-likeness (QED) is 0.831. The van der Waals surface area contributed by atoms with Crippen LogP contribution in [-0.4, -0.2) is 17.3 Å². The lowest BCUT2D eigenvalue weighted by molar-refractivity contribution is 0.0921. The van der Waals surface area contributed by atoms with Crippen molar-refractivity contribution in [2.24, 2.45) is 11.3 Å². The molecule has 2 N–H and O–H groups in total. The molecule has 112 valence electrons. The SMILES string of the molecule is CCC(C)(C)C1CCC(CO)(Nc2ccccc2)CC1. The normalized spacial score (nSPS) is 27.3. The zero-order valence-electron chi connectivity index (χ0n) is 13.2. The summed E-state index contributed by atoms with van der Waals surface area (Å²) in [5, 5.41) is 13.5. The number of aliphatic hydroxyl groups excluding tert-OH is 1. The molecule has 0 saturated heterocycles. The van der Waals surface area contributed by atoms with Crippen LogP contribution in [0.5, 0.6) is 0 Å². The number of hydrogen-bond donors (Lipinski definition) is 2. The van der Waals surface area contributed by atoms with Gasteiger partial charge < -0.3 is 10.4 Å². The molecule has 2 nitrogen and oxygen atoms in total. The Morgan fingerprint density at radius 2 is 1.80 bits per heavy atom. The van der Waals surface area contributed by atoms with Crippen LogP contribution in [0.15, 0.2) is 30.3 Å². The molecule has 0 atom stereocenters. The maximum absolute atomic E-state index is 9.89. The maximum atomic E-state index is 9.89. The summed E-state index contributed by atoms with van der Waals surface area (Å²) in [6.07, 6.45) is 5.78. The minimum atomic E-state index is -0.123. The number of para-hydroxylation sites is 1. The van der Waals surface area contributed by atoms with Crippen molar-refractivity contribution < 1.29 is 5.11 Å². The van der Waals surface area contributed by atoms with Gasteiger partial charge in [-0.25, -0.2) is 0 Å². The second-order valence-electron chi connectivity index (χ2n) is 7.05. The van der Waals surface area contributed by atoms with Gasteiger partial charge in [0.1, 0.15) is 0 Å². The van der Waals surface area contributed by atoms with Crippen molar-refractivity contribution in [3.63, 3.8) is 0 Å². The van der Waals surface area contributed by atoms with Crippen molar-refractivity contribution in [2.75, 3.05) is 11.9 Å². The smallest absolute Gasteiger partial charge is 0.0661 e. The van der Waals surface area contributed by atoms with Gasteiger partial charge in [0.25, 0.3) is 0 Å². The van der Waals surface area contributed by atoms with Crippen LogP contribution in [0.3, 0.4) is 0 Å². The van der Waals surface area contributed by atoms with Gasteiger partial charge in [-0.05, 0) is 49.1 Å². The predicted octanol–water partition coefficient (Wildman–Crippen LogP) is 4.46. The number of anilines is 1. The summed E-state index contributed by atoms with van der Waals surface area (Å²) >= 11 is 0. The van der Waals surface area contributed by atoms with E-state index in [1.165, 1.54) is 19.3 Å². The standard InChI is InChI=1S/C18H29NO/c1-4-17(2,3)15-10-12-18(14-20,13-11-15)19-16-8-6-5-7-9-16/h5-9,15,19-20H,4,10-14H2,1-3H3. The fourth-order valence-electron chi connectivity index (χ4n) is 3.39. The van der Waals surface area contributed by atoms with Crippen LogP contribution < -0.4 is 5.32 Å². The molecule has 1 fully saturated rings. The average molecular weight is 275 g/mol. The molecule has 0 amide bonds. The summed E-state index contributed by atoms with van der Waals surface area (Å²) in [5.74, 6) is 0.782. The van der Waals surface area contributed by atoms with Crippen LogP contribution in [-0.2, 0) is 0 Å². The fourth-order valence-corrected chi connectivity index (χ4v) is 3.39. The Morgan fingerprint density at radius 3 is 2.30 bits per heavy atom. The molecule has 1 aromatic rings. The van der Waals surface area contributed by atoms with Crippen molar-refractivity contribution in [3.05, 3.63) is 30.3 Å². The van der Waals surface area contributed by atoms with Crippen LogP contribution in [0.2, 0.25) is 0 Å². The third kappa shape index (κ3) is 3.35. The first-order valence-electron chi connectivity index (χ1n) is 7.95. The summed E-state index contributed by atoms with van der Waals surface area (Å²) in [5.41, 5.74) is 1.42. The van der Waals surface area contributed by atoms with Crippen LogP contribution in [0.1, 0.15) is 52.9 Å². The number of hydrogen-bond acceptors (Lipinski definition) is 2. The van der Waals surface area contributed by atoms with Crippen LogP contribution >= 0.6 is 0 Å². The Hall–Kier alpha value is -1.02. The molecular formula is C18H29NO. The molecule has 0 spiro atoms. The predicted molar refractivity (Wildman–Crippen MR) is 85.9 cm³/mol. The van der Waals surface area contributed by atoms with Crippen LogP contribution in [0, 0.1) is 11.3 Å². The zero-order valence-corrected chi connectivity index (χ0v) is 13.2. The molecule has 2 heteroatoms. The van der Waals surface area contributed by atoms with E-state index in [1.54, 1.807) is 0 Å². The van der Waals surface area contributed by atoms with Crippen LogP contribution in [0.4, 0.5) is 5.69 Å². The summed E-state index contributed by atoms with van der Waals surface area (Å²) in [6, 6.07) is 10.3. The number of benzene rings is 1. The lowest BCUT2D eigenvalue weighted by Gasteiger charge is -2.45. The second kappa shape index (κ2) is 6.17. The van der Waals surface area contributed by atoms with Gasteiger partial charge in [-0.3, -0.25) is 0 Å². The van der Waals surface area contributed by atoms with Gasteiger partial charge in [0.05, 0.1) is 12.1 Å². The van der Waals surface area contributed by atoms with E-state index < -0.39 is 0 Å². The monoisotopic (exact) mass is 275 g/mol. The third-order valence-corrected chi connectivity index (χ3v) is 5.45. The van der Waals surface area contributed by atoms with Gasteiger partial charge >= 0.3 is 0 Å². The molecule has 1 aliphatic rings. The third-order valence-electron chi connectivity index (χ3n) is 5.45. The van der Waals surface area contributed by atoms with E-state index in [1.807, 2.05) is 18.2 Å². The first-order chi connectivity index (χ1) is 9.51. The highest BCUT2D eigenvalue weighted by molar-refractivity contribution is 5.45. The van der Waals surface area contributed by atoms with Gasteiger partial charge in [0.2, 0.25) is 0 Å². The molecule has 20 heavy (non-hydrogen) atoms. The Bertz CT molecular complexity index is 405. The molecule has 1 saturated carbocycles. The molecule has 0 bridgehead atoms. The number of rotatable bonds is 5. The molecule has 0 aliphatic heterocycles. The first kappa shape index (κ1) is 15.4. The van der Waals surface area contributed by atoms with Gasteiger partial charge in [-0.2, -0.15) is 0 Å². The maximum Gasteiger partial charge on any atom is 0.0661 e. The lowest BCUT2D eigenvalue weighted by atomic mass is 9.65. The number of nitrogens with one attached hydrogen (secondary N) is 1. The highest BCUT2D eigenvalue weighted by atomic mass is 16.3. The highest BCUT2D eigenvalue weighted by Crippen LogP contribution is 2.44. The lowest BCUT2D eigenvalue weighted by Crippen LogP contribution is -2.47. The van der Waals surface area contributed by atoms with Crippen molar-refractivity contribution in [2.45, 2.75) is 58.4 Å². The summed E-state index contributed by atoms with van der Waals surface area (Å²) < 4.78 is 0. The van der Waals surface area contributed by atoms with Gasteiger partial charge in [0, 0.05) is 5.69 Å². The largest absolute Gasteiger partial charge is 0.394 e. The summed E-state index contributed by atoms with van der Waals surface area (Å²) in [7, 11) is 0. The molecule has 0 unspecified atom stereocenters. The van der Waals surface area contributed by atoms with E-state index in [-0.39, 0.29) is 12.1 Å². The second-order valence-corrected chi connectivity index (χ2v) is 7.05. The van der Waals surface area contributed by atoms with Crippen molar-refractivity contribution in [3.8, 4) is 0 Å². The van der Waals surface area contributed by atoms with E-state index in [0.717, 1.165) is 24.4 Å². The Balaban J connectivity index is 2.01. The van der Waals surface area contributed by atoms with Crippen molar-refractivity contribution in [1.82, 2.24) is 0 Å². The summed E-state index contributed by atoms with van der Waals surface area (Å²) in [4.78, 5) is 0. The zero-order chi connectivity index (χ0) is 14.6. The van der Waals surface area contributed by atoms with E-state index in [0.29, 0.717) is 5.41 Å². The Morgan fingerprint density at radius 1 is 1.20 bits per heavy atom. The molecule has 0 aromatic heterocycles. The van der Waals surface area contributed by atoms with Crippen molar-refractivity contribution in [1.29, 1.82) is 0 Å². The minimum absolute atomic E-state index is 0.123. The fraction of sp³-hybridized carbons (Fsp3) is 0.667. The average Bonchev–Trinajstić information content (AvgIpc) is 2.49. The van der Waals surface area contributed by atoms with Gasteiger partial charge in [-0.15, -0.1) is 0 Å².